The van der Waals surface area contributed by atoms with Gasteiger partial charge in [0.2, 0.25) is 0 Å². The van der Waals surface area contributed by atoms with Gasteiger partial charge in [0.1, 0.15) is 5.82 Å². The standard InChI is InChI=1S/C22H33FO2S/c1-4-7-9-10-11-19(17-21(24)25-6-3)22(26-16-8-5-2)18-12-14-20(23)15-13-18/h12-15H,4-11,16-17H2,1-3H3/b22-19-. The normalized spacial score (nSPS) is 12.0. The van der Waals surface area contributed by atoms with Crippen LogP contribution < -0.4 is 0 Å². The van der Waals surface area contributed by atoms with Gasteiger partial charge in [-0.15, -0.1) is 11.8 Å². The van der Waals surface area contributed by atoms with Crippen LogP contribution in [0.2, 0.25) is 0 Å². The second-order valence-corrected chi connectivity index (χ2v) is 7.54. The molecule has 1 aromatic rings. The van der Waals surface area contributed by atoms with Crippen molar-refractivity contribution in [1.82, 2.24) is 0 Å². The van der Waals surface area contributed by atoms with E-state index < -0.39 is 0 Å². The van der Waals surface area contributed by atoms with Crippen LogP contribution in [0.25, 0.3) is 4.91 Å². The maximum absolute atomic E-state index is 13.4. The van der Waals surface area contributed by atoms with Crippen molar-refractivity contribution >= 4 is 22.6 Å². The fourth-order valence-electron chi connectivity index (χ4n) is 2.74. The van der Waals surface area contributed by atoms with E-state index in [4.69, 9.17) is 4.74 Å². The van der Waals surface area contributed by atoms with Crippen LogP contribution in [0.5, 0.6) is 0 Å². The Morgan fingerprint density at radius 3 is 2.31 bits per heavy atom. The summed E-state index contributed by atoms with van der Waals surface area (Å²) in [6, 6.07) is 6.63. The van der Waals surface area contributed by atoms with Gasteiger partial charge in [-0.25, -0.2) is 4.39 Å². The van der Waals surface area contributed by atoms with Gasteiger partial charge in [0.15, 0.2) is 0 Å². The highest BCUT2D eigenvalue weighted by Crippen LogP contribution is 2.35. The van der Waals surface area contributed by atoms with Crippen molar-refractivity contribution in [3.8, 4) is 0 Å². The summed E-state index contributed by atoms with van der Waals surface area (Å²) in [7, 11) is 0. The molecule has 146 valence electrons. The Morgan fingerprint density at radius 1 is 1.00 bits per heavy atom. The highest BCUT2D eigenvalue weighted by atomic mass is 32.2. The number of hydrogen-bond acceptors (Lipinski definition) is 3. The Balaban J connectivity index is 3.09. The number of rotatable bonds is 13. The minimum absolute atomic E-state index is 0.173. The first-order valence-electron chi connectivity index (χ1n) is 9.88. The first-order chi connectivity index (χ1) is 12.6. The molecule has 0 spiro atoms. The number of carbonyl (C=O) groups excluding carboxylic acids is 1. The molecule has 1 aromatic carbocycles. The van der Waals surface area contributed by atoms with Crippen LogP contribution in [-0.2, 0) is 9.53 Å². The molecule has 0 aromatic heterocycles. The number of carbonyl (C=O) groups is 1. The molecule has 0 saturated heterocycles. The van der Waals surface area contributed by atoms with Crippen LogP contribution in [0.3, 0.4) is 0 Å². The molecular weight excluding hydrogens is 347 g/mol. The Hall–Kier alpha value is -1.29. The van der Waals surface area contributed by atoms with E-state index in [1.807, 2.05) is 19.1 Å². The first-order valence-corrected chi connectivity index (χ1v) is 10.9. The lowest BCUT2D eigenvalue weighted by Crippen LogP contribution is -2.06. The molecule has 1 rings (SSSR count). The van der Waals surface area contributed by atoms with Crippen molar-refractivity contribution < 1.29 is 13.9 Å². The average Bonchev–Trinajstić information content (AvgIpc) is 2.63. The van der Waals surface area contributed by atoms with Crippen LogP contribution in [-0.4, -0.2) is 18.3 Å². The zero-order valence-corrected chi connectivity index (χ0v) is 17.3. The van der Waals surface area contributed by atoms with Crippen LogP contribution in [0, 0.1) is 5.82 Å². The summed E-state index contributed by atoms with van der Waals surface area (Å²) in [4.78, 5) is 13.3. The van der Waals surface area contributed by atoms with Crippen LogP contribution in [0.1, 0.15) is 77.7 Å². The fourth-order valence-corrected chi connectivity index (χ4v) is 4.06. The van der Waals surface area contributed by atoms with Gasteiger partial charge in [0, 0.05) is 4.91 Å². The van der Waals surface area contributed by atoms with E-state index >= 15 is 0 Å². The molecule has 26 heavy (non-hydrogen) atoms. The summed E-state index contributed by atoms with van der Waals surface area (Å²) in [6.45, 7) is 6.60. The Morgan fingerprint density at radius 2 is 1.69 bits per heavy atom. The van der Waals surface area contributed by atoms with Gasteiger partial charge in [0.25, 0.3) is 0 Å². The van der Waals surface area contributed by atoms with Crippen molar-refractivity contribution in [2.24, 2.45) is 0 Å². The largest absolute Gasteiger partial charge is 0.466 e. The highest BCUT2D eigenvalue weighted by Gasteiger charge is 2.15. The second kappa shape index (κ2) is 13.9. The van der Waals surface area contributed by atoms with Crippen LogP contribution in [0.15, 0.2) is 29.8 Å². The lowest BCUT2D eigenvalue weighted by molar-refractivity contribution is -0.142. The lowest BCUT2D eigenvalue weighted by atomic mass is 10.0. The number of benzene rings is 1. The summed E-state index contributed by atoms with van der Waals surface area (Å²) < 4.78 is 18.5. The molecule has 0 radical (unpaired) electrons. The van der Waals surface area contributed by atoms with E-state index in [9.17, 15) is 9.18 Å². The van der Waals surface area contributed by atoms with E-state index in [1.54, 1.807) is 11.8 Å². The van der Waals surface area contributed by atoms with Crippen LogP contribution >= 0.6 is 11.8 Å². The summed E-state index contributed by atoms with van der Waals surface area (Å²) in [5.74, 6) is 0.597. The molecule has 0 aliphatic carbocycles. The van der Waals surface area contributed by atoms with Gasteiger partial charge >= 0.3 is 5.97 Å². The van der Waals surface area contributed by atoms with Gasteiger partial charge in [-0.05, 0) is 55.2 Å². The molecule has 0 bridgehead atoms. The molecule has 4 heteroatoms. The quantitative estimate of drug-likeness (QED) is 0.272. The molecule has 0 aliphatic heterocycles. The Bertz CT molecular complexity index is 552. The van der Waals surface area contributed by atoms with Crippen LogP contribution in [0.4, 0.5) is 4.39 Å². The predicted octanol–water partition coefficient (Wildman–Crippen LogP) is 6.99. The third-order valence-corrected chi connectivity index (χ3v) is 5.47. The van der Waals surface area contributed by atoms with Crippen molar-refractivity contribution in [1.29, 1.82) is 0 Å². The zero-order valence-electron chi connectivity index (χ0n) is 16.5. The number of thioether (sulfide) groups is 1. The molecule has 0 saturated carbocycles. The van der Waals surface area contributed by atoms with Gasteiger partial charge < -0.3 is 4.74 Å². The number of hydrogen-bond donors (Lipinski definition) is 0. The van der Waals surface area contributed by atoms with Crippen molar-refractivity contribution in [2.45, 2.75) is 72.1 Å². The first kappa shape index (κ1) is 22.8. The summed E-state index contributed by atoms with van der Waals surface area (Å²) in [5, 5.41) is 0. The predicted molar refractivity (Wildman–Crippen MR) is 111 cm³/mol. The van der Waals surface area contributed by atoms with Gasteiger partial charge in [-0.3, -0.25) is 4.79 Å². The smallest absolute Gasteiger partial charge is 0.309 e. The molecule has 0 fully saturated rings. The molecule has 0 aliphatic rings. The van der Waals surface area contributed by atoms with E-state index in [-0.39, 0.29) is 11.8 Å². The molecular formula is C22H33FO2S. The Labute approximate surface area is 162 Å². The molecule has 2 nitrogen and oxygen atoms in total. The third kappa shape index (κ3) is 8.88. The molecule has 0 amide bonds. The van der Waals surface area contributed by atoms with Crippen molar-refractivity contribution in [3.63, 3.8) is 0 Å². The van der Waals surface area contributed by atoms with Gasteiger partial charge in [-0.1, -0.05) is 51.7 Å². The minimum atomic E-state index is -0.235. The maximum Gasteiger partial charge on any atom is 0.309 e. The molecule has 0 N–H and O–H groups in total. The topological polar surface area (TPSA) is 26.3 Å². The molecule has 0 unspecified atom stereocenters. The summed E-state index contributed by atoms with van der Waals surface area (Å²) >= 11 is 1.79. The maximum atomic E-state index is 13.4. The third-order valence-electron chi connectivity index (χ3n) is 4.17. The monoisotopic (exact) mass is 380 g/mol. The SMILES string of the molecule is CCCCCC/C(CC(=O)OCC)=C(/SCCCC)c1ccc(F)cc1. The number of esters is 1. The molecule has 0 heterocycles. The van der Waals surface area contributed by atoms with E-state index in [0.29, 0.717) is 13.0 Å². The van der Waals surface area contributed by atoms with Crippen molar-refractivity contribution in [2.75, 3.05) is 12.4 Å². The van der Waals surface area contributed by atoms with Crippen molar-refractivity contribution in [3.05, 3.63) is 41.2 Å². The zero-order chi connectivity index (χ0) is 19.2. The molecule has 0 atom stereocenters. The highest BCUT2D eigenvalue weighted by molar-refractivity contribution is 8.08. The average molecular weight is 381 g/mol. The lowest BCUT2D eigenvalue weighted by Gasteiger charge is -2.16. The van der Waals surface area contributed by atoms with E-state index in [2.05, 4.69) is 13.8 Å². The number of ether oxygens (including phenoxy) is 1. The second-order valence-electron chi connectivity index (χ2n) is 6.43. The summed E-state index contributed by atoms with van der Waals surface area (Å²) in [6.07, 6.45) is 8.11. The Kier molecular flexibility index (Phi) is 12.1. The number of unbranched alkanes of at least 4 members (excludes halogenated alkanes) is 4. The van der Waals surface area contributed by atoms with E-state index in [0.717, 1.165) is 47.5 Å². The number of halogens is 1. The summed E-state index contributed by atoms with van der Waals surface area (Å²) in [5.41, 5.74) is 2.13. The minimum Gasteiger partial charge on any atom is -0.466 e. The van der Waals surface area contributed by atoms with Gasteiger partial charge in [0.05, 0.1) is 13.0 Å². The fraction of sp³-hybridized carbons (Fsp3) is 0.591. The van der Waals surface area contributed by atoms with E-state index in [1.165, 1.54) is 31.4 Å². The van der Waals surface area contributed by atoms with Gasteiger partial charge in [-0.2, -0.15) is 0 Å².